The Hall–Kier alpha value is -3.32. The Labute approximate surface area is 194 Å². The van der Waals surface area contributed by atoms with Gasteiger partial charge in [0.2, 0.25) is 0 Å². The van der Waals surface area contributed by atoms with Gasteiger partial charge in [-0.25, -0.2) is 0 Å². The van der Waals surface area contributed by atoms with Crippen LogP contribution in [0.3, 0.4) is 0 Å². The first-order valence-corrected chi connectivity index (χ1v) is 11.0. The maximum absolute atomic E-state index is 12.3. The Morgan fingerprint density at radius 3 is 2.38 bits per heavy atom. The summed E-state index contributed by atoms with van der Waals surface area (Å²) in [6.45, 7) is 8.63. The first-order chi connectivity index (χ1) is 15.3. The van der Waals surface area contributed by atoms with Gasteiger partial charge < -0.3 is 14.5 Å². The van der Waals surface area contributed by atoms with Crippen molar-refractivity contribution in [2.75, 3.05) is 5.32 Å². The van der Waals surface area contributed by atoms with Crippen LogP contribution in [0.25, 0.3) is 0 Å². The summed E-state index contributed by atoms with van der Waals surface area (Å²) in [5, 5.41) is 3.32. The van der Waals surface area contributed by atoms with Crippen molar-refractivity contribution in [2.24, 2.45) is 0 Å². The SMILES string of the molecule is CCC(C)c1ccc(NC(=S)NNC(=O)c2ccc(COc3cc(C)cc(C)c3)o2)cc1. The molecule has 0 spiro atoms. The quantitative estimate of drug-likeness (QED) is 0.320. The zero-order valence-electron chi connectivity index (χ0n) is 18.8. The van der Waals surface area contributed by atoms with Crippen molar-refractivity contribution < 1.29 is 13.9 Å². The van der Waals surface area contributed by atoms with Gasteiger partial charge in [-0.3, -0.25) is 15.6 Å². The van der Waals surface area contributed by atoms with Crippen molar-refractivity contribution in [2.45, 2.75) is 46.6 Å². The number of hydrogen-bond acceptors (Lipinski definition) is 4. The second-order valence-electron chi connectivity index (χ2n) is 7.84. The molecule has 2 aromatic carbocycles. The van der Waals surface area contributed by atoms with E-state index in [1.54, 1.807) is 12.1 Å². The van der Waals surface area contributed by atoms with Crippen molar-refractivity contribution in [3.63, 3.8) is 0 Å². The molecule has 1 unspecified atom stereocenters. The minimum Gasteiger partial charge on any atom is -0.486 e. The summed E-state index contributed by atoms with van der Waals surface area (Å²) in [6.07, 6.45) is 1.09. The monoisotopic (exact) mass is 451 g/mol. The van der Waals surface area contributed by atoms with Crippen LogP contribution in [0.2, 0.25) is 0 Å². The Balaban J connectivity index is 1.46. The minimum absolute atomic E-state index is 0.164. The summed E-state index contributed by atoms with van der Waals surface area (Å²) in [5.74, 6) is 1.56. The van der Waals surface area contributed by atoms with E-state index in [0.717, 1.165) is 29.0 Å². The van der Waals surface area contributed by atoms with E-state index in [4.69, 9.17) is 21.4 Å². The molecule has 1 heterocycles. The largest absolute Gasteiger partial charge is 0.486 e. The lowest BCUT2D eigenvalue weighted by Crippen LogP contribution is -2.43. The van der Waals surface area contributed by atoms with E-state index in [-0.39, 0.29) is 17.5 Å². The van der Waals surface area contributed by atoms with Crippen LogP contribution in [0.5, 0.6) is 5.75 Å². The normalized spacial score (nSPS) is 11.5. The summed E-state index contributed by atoms with van der Waals surface area (Å²) >= 11 is 5.25. The Morgan fingerprint density at radius 1 is 1.03 bits per heavy atom. The molecule has 7 heteroatoms. The van der Waals surface area contributed by atoms with E-state index < -0.39 is 5.91 Å². The maximum atomic E-state index is 12.3. The zero-order chi connectivity index (χ0) is 23.1. The molecular weight excluding hydrogens is 422 g/mol. The maximum Gasteiger partial charge on any atom is 0.305 e. The lowest BCUT2D eigenvalue weighted by Gasteiger charge is -2.13. The van der Waals surface area contributed by atoms with E-state index in [0.29, 0.717) is 11.7 Å². The van der Waals surface area contributed by atoms with Crippen LogP contribution in [0.15, 0.2) is 59.0 Å². The number of rotatable bonds is 7. The highest BCUT2D eigenvalue weighted by Gasteiger charge is 2.12. The van der Waals surface area contributed by atoms with Gasteiger partial charge in [0.05, 0.1) is 0 Å². The van der Waals surface area contributed by atoms with Gasteiger partial charge in [0.25, 0.3) is 0 Å². The van der Waals surface area contributed by atoms with Crippen LogP contribution in [0.1, 0.15) is 59.2 Å². The van der Waals surface area contributed by atoms with Crippen LogP contribution < -0.4 is 20.9 Å². The number of thiocarbonyl (C=S) groups is 1. The third-order valence-electron chi connectivity index (χ3n) is 5.10. The molecule has 3 aromatic rings. The van der Waals surface area contributed by atoms with Gasteiger partial charge in [-0.2, -0.15) is 0 Å². The highest BCUT2D eigenvalue weighted by Crippen LogP contribution is 2.21. The molecule has 3 N–H and O–H groups in total. The number of anilines is 1. The molecule has 0 bridgehead atoms. The standard InChI is InChI=1S/C25H29N3O3S/c1-5-18(4)19-6-8-20(9-7-19)26-25(32)28-27-24(29)23-11-10-21(31-23)15-30-22-13-16(2)12-17(3)14-22/h6-14,18H,5,15H2,1-4H3,(H,27,29)(H2,26,28,32). The fourth-order valence-corrected chi connectivity index (χ4v) is 3.39. The number of furan rings is 1. The van der Waals surface area contributed by atoms with Crippen LogP contribution in [-0.2, 0) is 6.61 Å². The van der Waals surface area contributed by atoms with E-state index >= 15 is 0 Å². The lowest BCUT2D eigenvalue weighted by molar-refractivity contribution is 0.0912. The topological polar surface area (TPSA) is 75.5 Å². The summed E-state index contributed by atoms with van der Waals surface area (Å²) in [4.78, 5) is 12.3. The van der Waals surface area contributed by atoms with E-state index in [9.17, 15) is 4.79 Å². The summed E-state index contributed by atoms with van der Waals surface area (Å²) < 4.78 is 11.4. The molecule has 0 radical (unpaired) electrons. The highest BCUT2D eigenvalue weighted by molar-refractivity contribution is 7.80. The fraction of sp³-hybridized carbons (Fsp3) is 0.280. The van der Waals surface area contributed by atoms with Crippen molar-refractivity contribution in [1.82, 2.24) is 10.9 Å². The molecule has 32 heavy (non-hydrogen) atoms. The summed E-state index contributed by atoms with van der Waals surface area (Å²) in [6, 6.07) is 17.4. The minimum atomic E-state index is -0.432. The van der Waals surface area contributed by atoms with Crippen molar-refractivity contribution in [3.05, 3.63) is 82.8 Å². The van der Waals surface area contributed by atoms with E-state index in [1.807, 2.05) is 38.1 Å². The number of aryl methyl sites for hydroxylation is 2. The molecule has 0 fully saturated rings. The third-order valence-corrected chi connectivity index (χ3v) is 5.31. The molecule has 0 aliphatic heterocycles. The van der Waals surface area contributed by atoms with Crippen LogP contribution in [0, 0.1) is 13.8 Å². The molecule has 0 aliphatic rings. The lowest BCUT2D eigenvalue weighted by atomic mass is 9.99. The molecular formula is C25H29N3O3S. The molecule has 0 saturated carbocycles. The zero-order valence-corrected chi connectivity index (χ0v) is 19.6. The van der Waals surface area contributed by atoms with Gasteiger partial charge >= 0.3 is 5.91 Å². The van der Waals surface area contributed by atoms with Gasteiger partial charge in [0.15, 0.2) is 10.9 Å². The second-order valence-corrected chi connectivity index (χ2v) is 8.25. The van der Waals surface area contributed by atoms with Crippen LogP contribution in [-0.4, -0.2) is 11.0 Å². The summed E-state index contributed by atoms with van der Waals surface area (Å²) in [5.41, 5.74) is 9.59. The van der Waals surface area contributed by atoms with Crippen LogP contribution >= 0.6 is 12.2 Å². The van der Waals surface area contributed by atoms with E-state index in [2.05, 4.69) is 48.2 Å². The Bertz CT molecular complexity index is 1060. The number of carbonyl (C=O) groups excluding carboxylic acids is 1. The third kappa shape index (κ3) is 6.59. The van der Waals surface area contributed by atoms with Gasteiger partial charge in [0, 0.05) is 5.69 Å². The molecule has 3 rings (SSSR count). The Morgan fingerprint density at radius 2 is 1.72 bits per heavy atom. The predicted molar refractivity (Wildman–Crippen MR) is 131 cm³/mol. The fourth-order valence-electron chi connectivity index (χ4n) is 3.22. The second kappa shape index (κ2) is 10.8. The Kier molecular flexibility index (Phi) is 7.89. The average Bonchev–Trinajstić information content (AvgIpc) is 3.24. The molecule has 1 amide bonds. The first kappa shape index (κ1) is 23.3. The predicted octanol–water partition coefficient (Wildman–Crippen LogP) is 5.62. The van der Waals surface area contributed by atoms with Gasteiger partial charge in [-0.05, 0) is 91.5 Å². The molecule has 1 aromatic heterocycles. The highest BCUT2D eigenvalue weighted by atomic mass is 32.1. The van der Waals surface area contributed by atoms with Gasteiger partial charge in [-0.15, -0.1) is 0 Å². The molecule has 0 saturated heterocycles. The summed E-state index contributed by atoms with van der Waals surface area (Å²) in [7, 11) is 0. The number of benzene rings is 2. The molecule has 6 nitrogen and oxygen atoms in total. The number of ether oxygens (including phenoxy) is 1. The number of amides is 1. The van der Waals surface area contributed by atoms with Crippen molar-refractivity contribution in [1.29, 1.82) is 0 Å². The smallest absolute Gasteiger partial charge is 0.305 e. The number of nitrogens with one attached hydrogen (secondary N) is 3. The molecule has 0 aliphatic carbocycles. The van der Waals surface area contributed by atoms with Gasteiger partial charge in [-0.1, -0.05) is 32.0 Å². The van der Waals surface area contributed by atoms with Crippen LogP contribution in [0.4, 0.5) is 5.69 Å². The van der Waals surface area contributed by atoms with Crippen molar-refractivity contribution in [3.8, 4) is 5.75 Å². The number of hydrogen-bond donors (Lipinski definition) is 3. The molecule has 1 atom stereocenters. The first-order valence-electron chi connectivity index (χ1n) is 10.6. The molecule has 168 valence electrons. The number of carbonyl (C=O) groups is 1. The number of hydrazine groups is 1. The van der Waals surface area contributed by atoms with Crippen molar-refractivity contribution >= 4 is 28.9 Å². The van der Waals surface area contributed by atoms with Gasteiger partial charge in [0.1, 0.15) is 18.1 Å². The van der Waals surface area contributed by atoms with E-state index in [1.165, 1.54) is 5.56 Å². The average molecular weight is 452 g/mol.